The molecule has 1 N–H and O–H groups in total. The molecule has 0 aliphatic heterocycles. The van der Waals surface area contributed by atoms with Crippen molar-refractivity contribution in [3.8, 4) is 0 Å². The van der Waals surface area contributed by atoms with Gasteiger partial charge in [0.1, 0.15) is 0 Å². The first kappa shape index (κ1) is 11.2. The molecular formula is C11H18O3. The number of carbonyl (C=O) groups is 1. The van der Waals surface area contributed by atoms with Crippen LogP contribution in [0.5, 0.6) is 0 Å². The molecule has 1 aliphatic carbocycles. The molecule has 2 atom stereocenters. The third-order valence-corrected chi connectivity index (χ3v) is 2.67. The van der Waals surface area contributed by atoms with E-state index in [1.807, 2.05) is 0 Å². The van der Waals surface area contributed by atoms with Gasteiger partial charge in [0.2, 0.25) is 0 Å². The fourth-order valence-corrected chi connectivity index (χ4v) is 1.88. The Hall–Kier alpha value is -0.830. The van der Waals surface area contributed by atoms with Gasteiger partial charge >= 0.3 is 5.97 Å². The Balaban J connectivity index is 2.37. The molecule has 1 fully saturated rings. The minimum atomic E-state index is -0.715. The summed E-state index contributed by atoms with van der Waals surface area (Å²) in [4.78, 5) is 10.9. The van der Waals surface area contributed by atoms with Gasteiger partial charge in [0.15, 0.2) is 0 Å². The van der Waals surface area contributed by atoms with Crippen LogP contribution in [0.25, 0.3) is 0 Å². The number of ether oxygens (including phenoxy) is 1. The second-order valence-electron chi connectivity index (χ2n) is 3.72. The summed E-state index contributed by atoms with van der Waals surface area (Å²) in [7, 11) is 0. The van der Waals surface area contributed by atoms with Crippen LogP contribution in [0.1, 0.15) is 32.1 Å². The molecule has 0 aromatic carbocycles. The first-order valence-corrected chi connectivity index (χ1v) is 5.21. The standard InChI is InChI=1S/C11H18O3/c1-2-3-8-14-10-7-5-4-6-9(10)11(12)13/h2,9-10H,1,3-8H2,(H,12,13). The molecule has 3 nitrogen and oxygen atoms in total. The molecule has 0 aromatic rings. The van der Waals surface area contributed by atoms with Crippen LogP contribution in [0.3, 0.4) is 0 Å². The predicted octanol–water partition coefficient (Wildman–Crippen LogP) is 2.22. The fraction of sp³-hybridized carbons (Fsp3) is 0.727. The van der Waals surface area contributed by atoms with E-state index in [4.69, 9.17) is 9.84 Å². The molecule has 3 heteroatoms. The van der Waals surface area contributed by atoms with E-state index in [-0.39, 0.29) is 12.0 Å². The zero-order valence-electron chi connectivity index (χ0n) is 8.45. The van der Waals surface area contributed by atoms with Crippen molar-refractivity contribution in [3.63, 3.8) is 0 Å². The topological polar surface area (TPSA) is 46.5 Å². The molecule has 80 valence electrons. The van der Waals surface area contributed by atoms with Crippen LogP contribution in [0.2, 0.25) is 0 Å². The number of carboxylic acids is 1. The average Bonchev–Trinajstić information content (AvgIpc) is 2.19. The summed E-state index contributed by atoms with van der Waals surface area (Å²) in [5, 5.41) is 8.97. The minimum absolute atomic E-state index is 0.0822. The third kappa shape index (κ3) is 3.14. The summed E-state index contributed by atoms with van der Waals surface area (Å²) < 4.78 is 5.55. The maximum Gasteiger partial charge on any atom is 0.309 e. The van der Waals surface area contributed by atoms with Crippen molar-refractivity contribution in [2.75, 3.05) is 6.61 Å². The molecule has 0 heterocycles. The zero-order chi connectivity index (χ0) is 10.4. The maximum atomic E-state index is 10.9. The van der Waals surface area contributed by atoms with Crippen LogP contribution < -0.4 is 0 Å². The third-order valence-electron chi connectivity index (χ3n) is 2.67. The molecule has 0 radical (unpaired) electrons. The molecule has 1 rings (SSSR count). The lowest BCUT2D eigenvalue weighted by molar-refractivity contribution is -0.149. The van der Waals surface area contributed by atoms with Crippen molar-refractivity contribution in [2.24, 2.45) is 5.92 Å². The molecule has 0 saturated heterocycles. The van der Waals surface area contributed by atoms with E-state index in [2.05, 4.69) is 6.58 Å². The highest BCUT2D eigenvalue weighted by Gasteiger charge is 2.31. The van der Waals surface area contributed by atoms with Crippen molar-refractivity contribution in [3.05, 3.63) is 12.7 Å². The molecule has 0 bridgehead atoms. The predicted molar refractivity (Wildman–Crippen MR) is 54.1 cm³/mol. The minimum Gasteiger partial charge on any atom is -0.481 e. The van der Waals surface area contributed by atoms with Gasteiger partial charge in [-0.25, -0.2) is 0 Å². The van der Waals surface area contributed by atoms with Crippen LogP contribution in [0.4, 0.5) is 0 Å². The van der Waals surface area contributed by atoms with E-state index in [1.165, 1.54) is 0 Å². The number of rotatable bonds is 5. The summed E-state index contributed by atoms with van der Waals surface area (Å²) in [6.07, 6.45) is 6.24. The van der Waals surface area contributed by atoms with Crippen molar-refractivity contribution in [1.29, 1.82) is 0 Å². The van der Waals surface area contributed by atoms with Crippen molar-refractivity contribution < 1.29 is 14.6 Å². The van der Waals surface area contributed by atoms with Gasteiger partial charge < -0.3 is 9.84 Å². The van der Waals surface area contributed by atoms with Gasteiger partial charge in [-0.2, -0.15) is 0 Å². The molecule has 0 spiro atoms. The first-order chi connectivity index (χ1) is 6.75. The van der Waals surface area contributed by atoms with Crippen LogP contribution in [0.15, 0.2) is 12.7 Å². The van der Waals surface area contributed by atoms with Crippen LogP contribution in [0, 0.1) is 5.92 Å². The molecule has 1 saturated carbocycles. The lowest BCUT2D eigenvalue weighted by Gasteiger charge is -2.28. The summed E-state index contributed by atoms with van der Waals surface area (Å²) in [5.74, 6) is -1.01. The van der Waals surface area contributed by atoms with Gasteiger partial charge in [0.25, 0.3) is 0 Å². The summed E-state index contributed by atoms with van der Waals surface area (Å²) >= 11 is 0. The van der Waals surface area contributed by atoms with E-state index in [9.17, 15) is 4.79 Å². The van der Waals surface area contributed by atoms with Crippen molar-refractivity contribution in [2.45, 2.75) is 38.2 Å². The molecule has 2 unspecified atom stereocenters. The highest BCUT2D eigenvalue weighted by molar-refractivity contribution is 5.70. The lowest BCUT2D eigenvalue weighted by Crippen LogP contribution is -2.33. The first-order valence-electron chi connectivity index (χ1n) is 5.21. The molecule has 14 heavy (non-hydrogen) atoms. The Morgan fingerprint density at radius 3 is 2.86 bits per heavy atom. The maximum absolute atomic E-state index is 10.9. The molecular weight excluding hydrogens is 180 g/mol. The Morgan fingerprint density at radius 2 is 2.21 bits per heavy atom. The van der Waals surface area contributed by atoms with E-state index in [0.717, 1.165) is 32.1 Å². The van der Waals surface area contributed by atoms with E-state index >= 15 is 0 Å². The van der Waals surface area contributed by atoms with Crippen molar-refractivity contribution in [1.82, 2.24) is 0 Å². The Kier molecular flexibility index (Phi) is 4.66. The quantitative estimate of drug-likeness (QED) is 0.544. The number of aliphatic carboxylic acids is 1. The van der Waals surface area contributed by atoms with Crippen LogP contribution in [-0.4, -0.2) is 23.8 Å². The number of hydrogen-bond donors (Lipinski definition) is 1. The van der Waals surface area contributed by atoms with Gasteiger partial charge in [-0.15, -0.1) is 6.58 Å². The summed E-state index contributed by atoms with van der Waals surface area (Å²) in [5.41, 5.74) is 0. The number of hydrogen-bond acceptors (Lipinski definition) is 2. The Morgan fingerprint density at radius 1 is 1.50 bits per heavy atom. The average molecular weight is 198 g/mol. The summed E-state index contributed by atoms with van der Waals surface area (Å²) in [6.45, 7) is 4.20. The van der Waals surface area contributed by atoms with Crippen LogP contribution >= 0.6 is 0 Å². The van der Waals surface area contributed by atoms with Gasteiger partial charge in [-0.05, 0) is 19.3 Å². The lowest BCUT2D eigenvalue weighted by atomic mass is 9.86. The Bertz CT molecular complexity index is 201. The van der Waals surface area contributed by atoms with Gasteiger partial charge in [-0.1, -0.05) is 18.9 Å². The zero-order valence-corrected chi connectivity index (χ0v) is 8.45. The normalized spacial score (nSPS) is 27.1. The molecule has 1 aliphatic rings. The monoisotopic (exact) mass is 198 g/mol. The second kappa shape index (κ2) is 5.81. The Labute approximate surface area is 84.8 Å². The van der Waals surface area contributed by atoms with Gasteiger partial charge in [0, 0.05) is 0 Å². The van der Waals surface area contributed by atoms with E-state index in [1.54, 1.807) is 6.08 Å². The van der Waals surface area contributed by atoms with E-state index in [0.29, 0.717) is 6.61 Å². The largest absolute Gasteiger partial charge is 0.481 e. The second-order valence-corrected chi connectivity index (χ2v) is 3.72. The smallest absolute Gasteiger partial charge is 0.309 e. The van der Waals surface area contributed by atoms with Gasteiger partial charge in [0.05, 0.1) is 18.6 Å². The van der Waals surface area contributed by atoms with Crippen molar-refractivity contribution >= 4 is 5.97 Å². The number of carboxylic acid groups (broad SMARTS) is 1. The SMILES string of the molecule is C=CCCOC1CCCCC1C(=O)O. The van der Waals surface area contributed by atoms with Gasteiger partial charge in [-0.3, -0.25) is 4.79 Å². The summed E-state index contributed by atoms with van der Waals surface area (Å²) in [6, 6.07) is 0. The fourth-order valence-electron chi connectivity index (χ4n) is 1.88. The highest BCUT2D eigenvalue weighted by Crippen LogP contribution is 2.27. The van der Waals surface area contributed by atoms with E-state index < -0.39 is 5.97 Å². The molecule has 0 amide bonds. The molecule has 0 aromatic heterocycles. The van der Waals surface area contributed by atoms with Crippen LogP contribution in [-0.2, 0) is 9.53 Å². The highest BCUT2D eigenvalue weighted by atomic mass is 16.5.